The van der Waals surface area contributed by atoms with Gasteiger partial charge in [-0.3, -0.25) is 4.79 Å². The summed E-state index contributed by atoms with van der Waals surface area (Å²) in [4.78, 5) is 16.7. The first-order chi connectivity index (χ1) is 14.0. The van der Waals surface area contributed by atoms with E-state index in [0.717, 1.165) is 5.56 Å². The van der Waals surface area contributed by atoms with E-state index in [1.807, 2.05) is 12.1 Å². The summed E-state index contributed by atoms with van der Waals surface area (Å²) in [5, 5.41) is 2.85. The Morgan fingerprint density at radius 2 is 1.86 bits per heavy atom. The fraction of sp³-hybridized carbons (Fsp3) is 0.304. The van der Waals surface area contributed by atoms with Gasteiger partial charge in [0.15, 0.2) is 11.7 Å². The molecule has 1 aromatic heterocycles. The van der Waals surface area contributed by atoms with E-state index in [1.165, 1.54) is 5.56 Å². The Balaban J connectivity index is 1.60. The molecule has 0 aliphatic rings. The molecule has 1 heterocycles. The van der Waals surface area contributed by atoms with E-state index in [2.05, 4.69) is 36.3 Å². The van der Waals surface area contributed by atoms with Gasteiger partial charge in [-0.25, -0.2) is 4.98 Å². The number of carbonyl (C=O) groups excluding carboxylic acids is 1. The van der Waals surface area contributed by atoms with Crippen LogP contribution < -0.4 is 14.8 Å². The summed E-state index contributed by atoms with van der Waals surface area (Å²) in [5.74, 6) is 2.77. The van der Waals surface area contributed by atoms with E-state index in [1.54, 1.807) is 38.6 Å². The minimum absolute atomic E-state index is 0.155. The SMILES string of the molecule is COc1ccc(OC)c(NC(=O)CCc2ncc(-c3ccc(C(C)C)cc3)o2)c1. The molecule has 0 bridgehead atoms. The summed E-state index contributed by atoms with van der Waals surface area (Å²) >= 11 is 0. The second-order valence-corrected chi connectivity index (χ2v) is 7.01. The normalized spacial score (nSPS) is 10.8. The Kier molecular flexibility index (Phi) is 6.54. The predicted octanol–water partition coefficient (Wildman–Crippen LogP) is 5.05. The second kappa shape index (κ2) is 9.28. The van der Waals surface area contributed by atoms with Crippen LogP contribution in [0.3, 0.4) is 0 Å². The molecule has 0 saturated heterocycles. The van der Waals surface area contributed by atoms with Crippen LogP contribution in [0.2, 0.25) is 0 Å². The number of nitrogens with zero attached hydrogens (tertiary/aromatic N) is 1. The molecule has 0 fully saturated rings. The summed E-state index contributed by atoms with van der Waals surface area (Å²) in [6.45, 7) is 4.32. The Bertz CT molecular complexity index is 961. The number of anilines is 1. The fourth-order valence-electron chi connectivity index (χ4n) is 2.94. The van der Waals surface area contributed by atoms with Gasteiger partial charge in [-0.1, -0.05) is 38.1 Å². The van der Waals surface area contributed by atoms with Crippen LogP contribution in [0.25, 0.3) is 11.3 Å². The van der Waals surface area contributed by atoms with Crippen LogP contribution >= 0.6 is 0 Å². The average molecular weight is 394 g/mol. The first-order valence-corrected chi connectivity index (χ1v) is 9.57. The molecule has 0 radical (unpaired) electrons. The van der Waals surface area contributed by atoms with Gasteiger partial charge in [-0.2, -0.15) is 0 Å². The van der Waals surface area contributed by atoms with Gasteiger partial charge in [-0.15, -0.1) is 0 Å². The number of aryl methyl sites for hydroxylation is 1. The maximum absolute atomic E-state index is 12.4. The van der Waals surface area contributed by atoms with Gasteiger partial charge in [0.2, 0.25) is 5.91 Å². The smallest absolute Gasteiger partial charge is 0.224 e. The number of hydrogen-bond donors (Lipinski definition) is 1. The molecule has 0 unspecified atom stereocenters. The molecule has 0 atom stereocenters. The molecule has 29 heavy (non-hydrogen) atoms. The van der Waals surface area contributed by atoms with Gasteiger partial charge in [0.05, 0.1) is 26.1 Å². The van der Waals surface area contributed by atoms with Crippen LogP contribution in [0.15, 0.2) is 53.1 Å². The molecular weight excluding hydrogens is 368 g/mol. The van der Waals surface area contributed by atoms with Crippen LogP contribution in [0, 0.1) is 0 Å². The molecule has 0 aliphatic carbocycles. The van der Waals surface area contributed by atoms with Crippen molar-refractivity contribution in [2.75, 3.05) is 19.5 Å². The summed E-state index contributed by atoms with van der Waals surface area (Å²) in [6.07, 6.45) is 2.34. The maximum Gasteiger partial charge on any atom is 0.224 e. The lowest BCUT2D eigenvalue weighted by atomic mass is 10.0. The zero-order valence-corrected chi connectivity index (χ0v) is 17.2. The molecule has 1 N–H and O–H groups in total. The summed E-state index contributed by atoms with van der Waals surface area (Å²) < 4.78 is 16.3. The van der Waals surface area contributed by atoms with E-state index in [4.69, 9.17) is 13.9 Å². The number of amides is 1. The predicted molar refractivity (Wildman–Crippen MR) is 113 cm³/mol. The second-order valence-electron chi connectivity index (χ2n) is 7.01. The van der Waals surface area contributed by atoms with Crippen LogP contribution in [0.4, 0.5) is 5.69 Å². The maximum atomic E-state index is 12.4. The van der Waals surface area contributed by atoms with Gasteiger partial charge in [0.1, 0.15) is 11.5 Å². The third kappa shape index (κ3) is 5.16. The van der Waals surface area contributed by atoms with Crippen LogP contribution in [-0.2, 0) is 11.2 Å². The van der Waals surface area contributed by atoms with Crippen molar-refractivity contribution in [1.29, 1.82) is 0 Å². The van der Waals surface area contributed by atoms with Crippen molar-refractivity contribution >= 4 is 11.6 Å². The van der Waals surface area contributed by atoms with E-state index >= 15 is 0 Å². The van der Waals surface area contributed by atoms with Crippen molar-refractivity contribution in [1.82, 2.24) is 4.98 Å². The number of oxazole rings is 1. The number of aromatic nitrogens is 1. The summed E-state index contributed by atoms with van der Waals surface area (Å²) in [5.41, 5.74) is 2.81. The highest BCUT2D eigenvalue weighted by molar-refractivity contribution is 5.92. The molecule has 152 valence electrons. The quantitative estimate of drug-likeness (QED) is 0.578. The molecule has 6 heteroatoms. The zero-order chi connectivity index (χ0) is 20.8. The Morgan fingerprint density at radius 1 is 1.10 bits per heavy atom. The highest BCUT2D eigenvalue weighted by atomic mass is 16.5. The topological polar surface area (TPSA) is 73.6 Å². The number of carbonyl (C=O) groups is 1. The van der Waals surface area contributed by atoms with Gasteiger partial charge in [-0.05, 0) is 23.6 Å². The lowest BCUT2D eigenvalue weighted by molar-refractivity contribution is -0.116. The standard InChI is InChI=1S/C23H26N2O4/c1-15(2)16-5-7-17(8-6-16)21-14-24-23(29-21)12-11-22(26)25-19-13-18(27-3)9-10-20(19)28-4/h5-10,13-15H,11-12H2,1-4H3,(H,25,26). The fourth-order valence-corrected chi connectivity index (χ4v) is 2.94. The van der Waals surface area contributed by atoms with Crippen molar-refractivity contribution < 1.29 is 18.7 Å². The monoisotopic (exact) mass is 394 g/mol. The highest BCUT2D eigenvalue weighted by Crippen LogP contribution is 2.29. The third-order valence-electron chi connectivity index (χ3n) is 4.66. The summed E-state index contributed by atoms with van der Waals surface area (Å²) in [7, 11) is 3.13. The van der Waals surface area contributed by atoms with Gasteiger partial charge >= 0.3 is 0 Å². The van der Waals surface area contributed by atoms with Crippen LogP contribution in [0.5, 0.6) is 11.5 Å². The molecule has 6 nitrogen and oxygen atoms in total. The Labute approximate surface area is 170 Å². The summed E-state index contributed by atoms with van der Waals surface area (Å²) in [6, 6.07) is 13.5. The number of hydrogen-bond acceptors (Lipinski definition) is 5. The molecular formula is C23H26N2O4. The molecule has 0 aliphatic heterocycles. The minimum Gasteiger partial charge on any atom is -0.497 e. The molecule has 0 spiro atoms. The zero-order valence-electron chi connectivity index (χ0n) is 17.2. The lowest BCUT2D eigenvalue weighted by Gasteiger charge is -2.11. The van der Waals surface area contributed by atoms with E-state index in [-0.39, 0.29) is 12.3 Å². The first kappa shape index (κ1) is 20.5. The largest absolute Gasteiger partial charge is 0.497 e. The van der Waals surface area contributed by atoms with Crippen molar-refractivity contribution in [3.63, 3.8) is 0 Å². The van der Waals surface area contributed by atoms with Crippen molar-refractivity contribution in [3.8, 4) is 22.8 Å². The first-order valence-electron chi connectivity index (χ1n) is 9.57. The Hall–Kier alpha value is -3.28. The van der Waals surface area contributed by atoms with E-state index in [9.17, 15) is 4.79 Å². The van der Waals surface area contributed by atoms with Gasteiger partial charge in [0.25, 0.3) is 0 Å². The number of rotatable bonds is 8. The molecule has 3 aromatic rings. The highest BCUT2D eigenvalue weighted by Gasteiger charge is 2.12. The van der Waals surface area contributed by atoms with Crippen molar-refractivity contribution in [2.45, 2.75) is 32.6 Å². The Morgan fingerprint density at radius 3 is 2.52 bits per heavy atom. The number of ether oxygens (including phenoxy) is 2. The molecule has 3 rings (SSSR count). The number of nitrogens with one attached hydrogen (secondary N) is 1. The third-order valence-corrected chi connectivity index (χ3v) is 4.66. The average Bonchev–Trinajstić information content (AvgIpc) is 3.21. The van der Waals surface area contributed by atoms with Gasteiger partial charge < -0.3 is 19.2 Å². The van der Waals surface area contributed by atoms with Crippen molar-refractivity contribution in [3.05, 3.63) is 60.1 Å². The number of methoxy groups -OCH3 is 2. The van der Waals surface area contributed by atoms with E-state index in [0.29, 0.717) is 41.2 Å². The van der Waals surface area contributed by atoms with Gasteiger partial charge in [0, 0.05) is 24.5 Å². The van der Waals surface area contributed by atoms with E-state index < -0.39 is 0 Å². The van der Waals surface area contributed by atoms with Crippen LogP contribution in [0.1, 0.15) is 37.6 Å². The molecule has 0 saturated carbocycles. The minimum atomic E-state index is -0.155. The van der Waals surface area contributed by atoms with Crippen LogP contribution in [-0.4, -0.2) is 25.1 Å². The molecule has 1 amide bonds. The lowest BCUT2D eigenvalue weighted by Crippen LogP contribution is -2.13. The van der Waals surface area contributed by atoms with Crippen molar-refractivity contribution in [2.24, 2.45) is 0 Å². The number of benzene rings is 2. The molecule has 2 aromatic carbocycles.